The van der Waals surface area contributed by atoms with Crippen LogP contribution < -0.4 is 10.1 Å². The molecule has 4 bridgehead atoms. The number of carbonyl (C=O) groups is 1. The summed E-state index contributed by atoms with van der Waals surface area (Å²) in [4.78, 5) is 15.6. The molecule has 1 unspecified atom stereocenters. The minimum absolute atomic E-state index is 0.00281. The van der Waals surface area contributed by atoms with Crippen molar-refractivity contribution in [1.29, 1.82) is 0 Å². The first kappa shape index (κ1) is 21.2. The molecule has 1 aliphatic heterocycles. The minimum Gasteiger partial charge on any atom is -0.497 e. The van der Waals surface area contributed by atoms with Gasteiger partial charge in [-0.25, -0.2) is 0 Å². The molecular formula is C27H35N3O3. The summed E-state index contributed by atoms with van der Waals surface area (Å²) in [6, 6.07) is 10.2. The second-order valence-electron chi connectivity index (χ2n) is 11.2. The molecule has 0 radical (unpaired) electrons. The Morgan fingerprint density at radius 2 is 1.94 bits per heavy atom. The molecule has 4 aliphatic carbocycles. The Morgan fingerprint density at radius 3 is 2.67 bits per heavy atom. The lowest BCUT2D eigenvalue weighted by Gasteiger charge is -2.56. The maximum Gasteiger partial charge on any atom is 0.290 e. The lowest BCUT2D eigenvalue weighted by atomic mass is 9.53. The fourth-order valence-electron chi connectivity index (χ4n) is 7.62. The number of nitrogens with one attached hydrogen (secondary N) is 1. The fourth-order valence-corrected chi connectivity index (χ4v) is 7.62. The molecule has 176 valence electrons. The van der Waals surface area contributed by atoms with Gasteiger partial charge in [-0.1, -0.05) is 17.3 Å². The molecule has 2 aromatic rings. The molecule has 1 atom stereocenters. The zero-order valence-electron chi connectivity index (χ0n) is 19.6. The van der Waals surface area contributed by atoms with Gasteiger partial charge >= 0.3 is 0 Å². The highest BCUT2D eigenvalue weighted by Gasteiger charge is 2.51. The van der Waals surface area contributed by atoms with Gasteiger partial charge in [0.05, 0.1) is 12.8 Å². The van der Waals surface area contributed by atoms with E-state index in [2.05, 4.69) is 27.5 Å². The number of likely N-dealkylation sites (tertiary alicyclic amines) is 1. The van der Waals surface area contributed by atoms with Gasteiger partial charge in [0.25, 0.3) is 5.91 Å². The zero-order valence-corrected chi connectivity index (χ0v) is 19.6. The van der Waals surface area contributed by atoms with Gasteiger partial charge in [-0.3, -0.25) is 9.69 Å². The third-order valence-electron chi connectivity index (χ3n) is 8.63. The van der Waals surface area contributed by atoms with E-state index in [4.69, 9.17) is 9.26 Å². The normalized spacial score (nSPS) is 33.2. The van der Waals surface area contributed by atoms with Crippen LogP contribution >= 0.6 is 0 Å². The summed E-state index contributed by atoms with van der Waals surface area (Å²) in [5.74, 6) is 3.92. The van der Waals surface area contributed by atoms with Crippen LogP contribution in [0.1, 0.15) is 79.1 Å². The van der Waals surface area contributed by atoms with Crippen LogP contribution in [0.3, 0.4) is 0 Å². The number of ether oxygens (including phenoxy) is 1. The average molecular weight is 450 g/mol. The summed E-state index contributed by atoms with van der Waals surface area (Å²) in [6.45, 7) is 2.90. The zero-order chi connectivity index (χ0) is 22.4. The molecule has 2 heterocycles. The molecule has 1 saturated heterocycles. The molecular weight excluding hydrogens is 414 g/mol. The first-order valence-corrected chi connectivity index (χ1v) is 12.7. The molecule has 6 heteroatoms. The van der Waals surface area contributed by atoms with Crippen molar-refractivity contribution in [3.05, 3.63) is 47.3 Å². The minimum atomic E-state index is -0.0697. The van der Waals surface area contributed by atoms with Gasteiger partial charge in [0, 0.05) is 30.6 Å². The summed E-state index contributed by atoms with van der Waals surface area (Å²) >= 11 is 0. The van der Waals surface area contributed by atoms with Crippen LogP contribution in [0.5, 0.6) is 5.75 Å². The van der Waals surface area contributed by atoms with E-state index in [-0.39, 0.29) is 11.4 Å². The predicted octanol–water partition coefficient (Wildman–Crippen LogP) is 4.76. The molecule has 1 amide bonds. The van der Waals surface area contributed by atoms with Crippen molar-refractivity contribution in [2.75, 3.05) is 20.2 Å². The Bertz CT molecular complexity index is 980. The summed E-state index contributed by atoms with van der Waals surface area (Å²) in [5, 5.41) is 7.76. The van der Waals surface area contributed by atoms with Gasteiger partial charge in [-0.2, -0.15) is 0 Å². The Labute approximate surface area is 196 Å². The number of hydrogen-bond acceptors (Lipinski definition) is 5. The van der Waals surface area contributed by atoms with E-state index in [9.17, 15) is 4.79 Å². The predicted molar refractivity (Wildman–Crippen MR) is 125 cm³/mol. The van der Waals surface area contributed by atoms with Crippen LogP contribution in [-0.2, 0) is 6.54 Å². The Hall–Kier alpha value is -2.34. The SMILES string of the molecule is COc1cccc(CN2CCCC(c3cc(C(=O)NC45CC6CC(CC(C6)C4)C5)on3)C2)c1. The number of amides is 1. The van der Waals surface area contributed by atoms with Gasteiger partial charge in [0.15, 0.2) is 0 Å². The van der Waals surface area contributed by atoms with Crippen molar-refractivity contribution in [3.8, 4) is 5.75 Å². The maximum absolute atomic E-state index is 13.1. The first-order chi connectivity index (χ1) is 16.1. The number of aromatic nitrogens is 1. The highest BCUT2D eigenvalue weighted by atomic mass is 16.5. The lowest BCUT2D eigenvalue weighted by molar-refractivity contribution is -0.0172. The summed E-state index contributed by atoms with van der Waals surface area (Å²) < 4.78 is 10.9. The topological polar surface area (TPSA) is 67.6 Å². The van der Waals surface area contributed by atoms with E-state index in [1.165, 1.54) is 24.8 Å². The van der Waals surface area contributed by atoms with E-state index in [0.717, 1.165) is 80.9 Å². The summed E-state index contributed by atoms with van der Waals surface area (Å²) in [5.41, 5.74) is 2.17. The number of benzene rings is 1. The van der Waals surface area contributed by atoms with E-state index in [0.29, 0.717) is 11.7 Å². The number of hydrogen-bond donors (Lipinski definition) is 1. The summed E-state index contributed by atoms with van der Waals surface area (Å²) in [6.07, 6.45) is 9.75. The highest BCUT2D eigenvalue weighted by molar-refractivity contribution is 5.92. The Morgan fingerprint density at radius 1 is 1.18 bits per heavy atom. The molecule has 1 N–H and O–H groups in total. The van der Waals surface area contributed by atoms with Crippen molar-refractivity contribution in [1.82, 2.24) is 15.4 Å². The van der Waals surface area contributed by atoms with Gasteiger partial charge in [-0.05, 0) is 93.4 Å². The fraction of sp³-hybridized carbons (Fsp3) is 0.630. The molecule has 33 heavy (non-hydrogen) atoms. The molecule has 6 nitrogen and oxygen atoms in total. The van der Waals surface area contributed by atoms with Crippen LogP contribution in [0, 0.1) is 17.8 Å². The molecule has 1 aromatic carbocycles. The van der Waals surface area contributed by atoms with Crippen LogP contribution in [0.4, 0.5) is 0 Å². The van der Waals surface area contributed by atoms with Gasteiger partial charge in [0.2, 0.25) is 5.76 Å². The van der Waals surface area contributed by atoms with Crippen LogP contribution in [0.25, 0.3) is 0 Å². The average Bonchev–Trinajstić information content (AvgIpc) is 3.29. The molecule has 5 aliphatic rings. The van der Waals surface area contributed by atoms with E-state index in [1.807, 2.05) is 18.2 Å². The second kappa shape index (κ2) is 8.46. The van der Waals surface area contributed by atoms with Gasteiger partial charge < -0.3 is 14.6 Å². The van der Waals surface area contributed by atoms with Crippen molar-refractivity contribution in [2.24, 2.45) is 17.8 Å². The number of rotatable bonds is 6. The Kier molecular flexibility index (Phi) is 5.44. The first-order valence-electron chi connectivity index (χ1n) is 12.7. The second-order valence-corrected chi connectivity index (χ2v) is 11.2. The van der Waals surface area contributed by atoms with Crippen LogP contribution in [0.2, 0.25) is 0 Å². The van der Waals surface area contributed by atoms with Crippen LogP contribution in [-0.4, -0.2) is 41.7 Å². The Balaban J connectivity index is 1.10. The maximum atomic E-state index is 13.1. The van der Waals surface area contributed by atoms with Crippen molar-refractivity contribution in [3.63, 3.8) is 0 Å². The van der Waals surface area contributed by atoms with Crippen molar-refractivity contribution < 1.29 is 14.1 Å². The van der Waals surface area contributed by atoms with E-state index < -0.39 is 0 Å². The highest BCUT2D eigenvalue weighted by Crippen LogP contribution is 2.55. The smallest absolute Gasteiger partial charge is 0.290 e. The quantitative estimate of drug-likeness (QED) is 0.689. The monoisotopic (exact) mass is 449 g/mol. The third-order valence-corrected chi connectivity index (χ3v) is 8.63. The number of nitrogens with zero attached hydrogens (tertiary/aromatic N) is 2. The standard InChI is InChI=1S/C27H35N3O3/c1-32-23-6-2-4-18(11-23)16-30-7-3-5-22(17-30)24-12-25(33-29-24)26(31)28-27-13-19-8-20(14-27)10-21(9-19)15-27/h2,4,6,11-12,19-22H,3,5,7-10,13-17H2,1H3,(H,28,31). The van der Waals surface area contributed by atoms with Gasteiger partial charge in [0.1, 0.15) is 5.75 Å². The van der Waals surface area contributed by atoms with Crippen molar-refractivity contribution >= 4 is 5.91 Å². The van der Waals surface area contributed by atoms with Gasteiger partial charge in [-0.15, -0.1) is 0 Å². The molecule has 7 rings (SSSR count). The number of carbonyl (C=O) groups excluding carboxylic acids is 1. The summed E-state index contributed by atoms with van der Waals surface area (Å²) in [7, 11) is 1.71. The van der Waals surface area contributed by atoms with Crippen molar-refractivity contribution in [2.45, 2.75) is 69.4 Å². The molecule has 5 fully saturated rings. The number of piperidine rings is 1. The molecule has 1 aromatic heterocycles. The lowest BCUT2D eigenvalue weighted by Crippen LogP contribution is -2.59. The number of methoxy groups -OCH3 is 1. The largest absolute Gasteiger partial charge is 0.497 e. The van der Waals surface area contributed by atoms with E-state index >= 15 is 0 Å². The molecule has 0 spiro atoms. The third kappa shape index (κ3) is 4.30. The van der Waals surface area contributed by atoms with E-state index in [1.54, 1.807) is 7.11 Å². The van der Waals surface area contributed by atoms with Crippen LogP contribution in [0.15, 0.2) is 34.9 Å². The molecule has 4 saturated carbocycles.